The number of carboxylic acid groups (broad SMARTS) is 1. The molecule has 0 unspecified atom stereocenters. The monoisotopic (exact) mass is 540 g/mol. The van der Waals surface area contributed by atoms with Crippen LogP contribution in [0.5, 0.6) is 0 Å². The zero-order valence-corrected chi connectivity index (χ0v) is 18.3. The first-order valence-electron chi connectivity index (χ1n) is 9.45. The van der Waals surface area contributed by atoms with Gasteiger partial charge in [0.15, 0.2) is 0 Å². The average Bonchev–Trinajstić information content (AvgIpc) is 3.13. The molecule has 2 aromatic heterocycles. The Kier molecular flexibility index (Phi) is 6.23. The van der Waals surface area contributed by atoms with E-state index in [1.165, 1.54) is 23.4 Å². The van der Waals surface area contributed by atoms with Crippen molar-refractivity contribution in [2.45, 2.75) is 18.9 Å². The maximum absolute atomic E-state index is 14.4. The first kappa shape index (κ1) is 21.3. The van der Waals surface area contributed by atoms with Crippen molar-refractivity contribution in [3.63, 3.8) is 0 Å². The molecule has 3 aromatic rings. The summed E-state index contributed by atoms with van der Waals surface area (Å²) in [5, 5.41) is 12.5. The number of hydrogen-bond acceptors (Lipinski definition) is 6. The van der Waals surface area contributed by atoms with Crippen LogP contribution in [0.25, 0.3) is 11.0 Å². The number of anilines is 2. The molecule has 0 bridgehead atoms. The summed E-state index contributed by atoms with van der Waals surface area (Å²) in [5.41, 5.74) is 3.23. The van der Waals surface area contributed by atoms with Crippen LogP contribution in [0.4, 0.5) is 20.6 Å². The average molecular weight is 540 g/mol. The van der Waals surface area contributed by atoms with Gasteiger partial charge in [0.2, 0.25) is 5.76 Å². The Labute approximate surface area is 189 Å². The molecule has 1 aliphatic heterocycles. The molecule has 0 aliphatic carbocycles. The van der Waals surface area contributed by atoms with Gasteiger partial charge in [-0.3, -0.25) is 14.6 Å². The molecule has 9 nitrogen and oxygen atoms in total. The number of aromatic nitrogens is 1. The lowest BCUT2D eigenvalue weighted by atomic mass is 10.1. The number of carbonyl (C=O) groups is 2. The molecule has 0 radical (unpaired) electrons. The predicted octanol–water partition coefficient (Wildman–Crippen LogP) is 4.12. The van der Waals surface area contributed by atoms with Crippen molar-refractivity contribution in [2.75, 3.05) is 18.4 Å². The topological polar surface area (TPSA) is 117 Å². The normalized spacial score (nSPS) is 14.6. The number of benzene rings is 1. The van der Waals surface area contributed by atoms with Gasteiger partial charge in [-0.05, 0) is 59.7 Å². The van der Waals surface area contributed by atoms with E-state index < -0.39 is 17.8 Å². The van der Waals surface area contributed by atoms with E-state index in [2.05, 4.69) is 15.8 Å². The summed E-state index contributed by atoms with van der Waals surface area (Å²) in [6.45, 7) is 0.649. The van der Waals surface area contributed by atoms with Crippen molar-refractivity contribution in [1.29, 1.82) is 0 Å². The molecule has 0 atom stereocenters. The van der Waals surface area contributed by atoms with Crippen LogP contribution in [-0.4, -0.2) is 46.2 Å². The third kappa shape index (κ3) is 4.71. The van der Waals surface area contributed by atoms with E-state index >= 15 is 0 Å². The number of likely N-dealkylation sites (tertiary alicyclic amines) is 1. The fraction of sp³-hybridized carbons (Fsp3) is 0.250. The van der Waals surface area contributed by atoms with Gasteiger partial charge in [0.25, 0.3) is 0 Å². The van der Waals surface area contributed by atoms with E-state index in [-0.39, 0.29) is 23.2 Å². The molecule has 1 saturated heterocycles. The van der Waals surface area contributed by atoms with Crippen LogP contribution in [0.3, 0.4) is 0 Å². The number of pyridine rings is 1. The van der Waals surface area contributed by atoms with E-state index in [1.54, 1.807) is 18.2 Å². The van der Waals surface area contributed by atoms with Gasteiger partial charge in [0.1, 0.15) is 17.1 Å². The van der Waals surface area contributed by atoms with E-state index in [0.717, 1.165) is 3.57 Å². The van der Waals surface area contributed by atoms with Gasteiger partial charge < -0.3 is 19.7 Å². The van der Waals surface area contributed by atoms with Gasteiger partial charge in [0, 0.05) is 29.1 Å². The minimum absolute atomic E-state index is 0.0797. The van der Waals surface area contributed by atoms with Crippen molar-refractivity contribution in [2.24, 2.45) is 0 Å². The van der Waals surface area contributed by atoms with E-state index in [0.29, 0.717) is 36.9 Å². The van der Waals surface area contributed by atoms with Crippen LogP contribution in [0.15, 0.2) is 41.1 Å². The van der Waals surface area contributed by atoms with Crippen LogP contribution in [0, 0.1) is 9.39 Å². The largest absolute Gasteiger partial charge is 0.465 e. The number of fused-ring (bicyclic) bond motifs is 1. The molecule has 1 aliphatic rings. The number of carbonyl (C=O) groups excluding carboxylic acids is 1. The van der Waals surface area contributed by atoms with Gasteiger partial charge in [-0.2, -0.15) is 0 Å². The first-order chi connectivity index (χ1) is 14.9. The highest BCUT2D eigenvalue weighted by atomic mass is 127. The molecular weight excluding hydrogens is 522 g/mol. The number of piperidine rings is 1. The van der Waals surface area contributed by atoms with Crippen LogP contribution < -0.4 is 10.8 Å². The van der Waals surface area contributed by atoms with Crippen LogP contribution >= 0.6 is 22.6 Å². The first-order valence-corrected chi connectivity index (χ1v) is 10.5. The number of hydrogen-bond donors (Lipinski definition) is 3. The number of nitrogens with zero attached hydrogens (tertiary/aromatic N) is 2. The smallest absolute Gasteiger partial charge is 0.407 e. The van der Waals surface area contributed by atoms with Gasteiger partial charge in [-0.25, -0.2) is 14.7 Å². The highest BCUT2D eigenvalue weighted by Crippen LogP contribution is 2.33. The van der Waals surface area contributed by atoms with Gasteiger partial charge in [0.05, 0.1) is 17.2 Å². The highest BCUT2D eigenvalue weighted by molar-refractivity contribution is 14.1. The molecule has 4 rings (SSSR count). The zero-order valence-electron chi connectivity index (χ0n) is 16.1. The molecular formula is C20H18FIN4O5. The minimum Gasteiger partial charge on any atom is -0.465 e. The molecule has 2 amide bonds. The Hall–Kier alpha value is -2.93. The van der Waals surface area contributed by atoms with Crippen molar-refractivity contribution >= 4 is 56.9 Å². The Bertz CT molecular complexity index is 1130. The van der Waals surface area contributed by atoms with Crippen LogP contribution in [0.1, 0.15) is 23.4 Å². The quantitative estimate of drug-likeness (QED) is 0.329. The van der Waals surface area contributed by atoms with Crippen molar-refractivity contribution in [3.8, 4) is 0 Å². The molecule has 1 aromatic carbocycles. The zero-order chi connectivity index (χ0) is 22.0. The maximum Gasteiger partial charge on any atom is 0.407 e. The standard InChI is InChI=1S/C20H18FIN4O5/c21-14-9-11(22)1-2-15(14)24-17-13-10-23-6-3-16(13)30-18(17)19(27)25-31-12-4-7-26(8-5-12)20(28)29/h1-3,6,9-10,12,24H,4-5,7-8H2,(H,25,27)(H,28,29). The highest BCUT2D eigenvalue weighted by Gasteiger charge is 2.26. The second-order valence-corrected chi connectivity index (χ2v) is 8.19. The van der Waals surface area contributed by atoms with E-state index in [4.69, 9.17) is 14.4 Å². The third-order valence-electron chi connectivity index (χ3n) is 4.92. The summed E-state index contributed by atoms with van der Waals surface area (Å²) in [4.78, 5) is 34.6. The molecule has 11 heteroatoms. The summed E-state index contributed by atoms with van der Waals surface area (Å²) in [6, 6.07) is 6.28. The lowest BCUT2D eigenvalue weighted by Gasteiger charge is -2.29. The number of nitrogens with one attached hydrogen (secondary N) is 2. The summed E-state index contributed by atoms with van der Waals surface area (Å²) in [6.07, 6.45) is 2.65. The number of furan rings is 1. The van der Waals surface area contributed by atoms with E-state index in [1.807, 2.05) is 22.6 Å². The van der Waals surface area contributed by atoms with Gasteiger partial charge in [-0.1, -0.05) is 0 Å². The Morgan fingerprint density at radius 2 is 2.06 bits per heavy atom. The van der Waals surface area contributed by atoms with Crippen molar-refractivity contribution < 1.29 is 28.3 Å². The lowest BCUT2D eigenvalue weighted by molar-refractivity contribution is -0.0411. The number of rotatable bonds is 5. The van der Waals surface area contributed by atoms with Crippen LogP contribution in [-0.2, 0) is 4.84 Å². The molecule has 162 valence electrons. The summed E-state index contributed by atoms with van der Waals surface area (Å²) >= 11 is 2.01. The fourth-order valence-electron chi connectivity index (χ4n) is 3.30. The maximum atomic E-state index is 14.4. The number of amides is 2. The van der Waals surface area contributed by atoms with Gasteiger partial charge in [-0.15, -0.1) is 0 Å². The summed E-state index contributed by atoms with van der Waals surface area (Å²) < 4.78 is 20.8. The SMILES string of the molecule is O=C(NOC1CCN(C(=O)O)CC1)c1oc2ccncc2c1Nc1ccc(I)cc1F. The Morgan fingerprint density at radius 1 is 1.29 bits per heavy atom. The molecule has 0 spiro atoms. The number of hydroxylamine groups is 1. The predicted molar refractivity (Wildman–Crippen MR) is 118 cm³/mol. The minimum atomic E-state index is -0.975. The second kappa shape index (κ2) is 9.06. The molecule has 31 heavy (non-hydrogen) atoms. The molecule has 0 saturated carbocycles. The van der Waals surface area contributed by atoms with E-state index in [9.17, 15) is 14.0 Å². The van der Waals surface area contributed by atoms with Crippen molar-refractivity contribution in [3.05, 3.63) is 51.8 Å². The second-order valence-electron chi connectivity index (χ2n) is 6.95. The van der Waals surface area contributed by atoms with Crippen molar-refractivity contribution in [1.82, 2.24) is 15.4 Å². The summed E-state index contributed by atoms with van der Waals surface area (Å²) in [7, 11) is 0. The Morgan fingerprint density at radius 3 is 2.77 bits per heavy atom. The Balaban J connectivity index is 1.52. The fourth-order valence-corrected chi connectivity index (χ4v) is 3.75. The molecule has 3 heterocycles. The van der Waals surface area contributed by atoms with Gasteiger partial charge >= 0.3 is 12.0 Å². The summed E-state index contributed by atoms with van der Waals surface area (Å²) in [5.74, 6) is -1.20. The molecule has 3 N–H and O–H groups in total. The van der Waals surface area contributed by atoms with Crippen LogP contribution in [0.2, 0.25) is 0 Å². The number of halogens is 2. The lowest BCUT2D eigenvalue weighted by Crippen LogP contribution is -2.42. The third-order valence-corrected chi connectivity index (χ3v) is 5.59. The molecule has 1 fully saturated rings.